The van der Waals surface area contributed by atoms with Gasteiger partial charge in [-0.05, 0) is 27.7 Å². The number of carbonyl (C=O) groups is 2. The van der Waals surface area contributed by atoms with Gasteiger partial charge in [0, 0.05) is 25.5 Å². The van der Waals surface area contributed by atoms with E-state index in [1.807, 2.05) is 20.8 Å². The number of nitrogens with zero attached hydrogens (tertiary/aromatic N) is 3. The number of hydrogen-bond acceptors (Lipinski definition) is 6. The fourth-order valence-electron chi connectivity index (χ4n) is 1.99. The van der Waals surface area contributed by atoms with E-state index in [1.165, 1.54) is 12.4 Å². The molecule has 0 unspecified atom stereocenters. The average molecular weight is 307 g/mol. The van der Waals surface area contributed by atoms with Crippen LogP contribution in [0.1, 0.15) is 49.8 Å². The summed E-state index contributed by atoms with van der Waals surface area (Å²) in [6.45, 7) is 8.60. The molecule has 2 heterocycles. The lowest BCUT2D eigenvalue weighted by molar-refractivity contribution is 0.00751. The minimum Gasteiger partial charge on any atom is -0.462 e. The number of rotatable bonds is 3. The highest BCUT2D eigenvalue weighted by molar-refractivity contribution is 5.88. The van der Waals surface area contributed by atoms with Crippen LogP contribution in [0.4, 0.5) is 4.79 Å². The minimum absolute atomic E-state index is 0.0729. The Morgan fingerprint density at radius 2 is 1.86 bits per heavy atom. The Bertz CT molecular complexity index is 545. The molecular weight excluding hydrogens is 286 g/mol. The van der Waals surface area contributed by atoms with Crippen molar-refractivity contribution in [2.24, 2.45) is 0 Å². The molecule has 7 heteroatoms. The Hall–Kier alpha value is -2.18. The van der Waals surface area contributed by atoms with E-state index >= 15 is 0 Å². The van der Waals surface area contributed by atoms with E-state index < -0.39 is 11.6 Å². The number of ether oxygens (including phenoxy) is 2. The van der Waals surface area contributed by atoms with E-state index in [4.69, 9.17) is 9.47 Å². The van der Waals surface area contributed by atoms with Crippen LogP contribution in [0.3, 0.4) is 0 Å². The molecule has 0 aliphatic carbocycles. The molecular formula is C15H21N3O4. The van der Waals surface area contributed by atoms with Gasteiger partial charge in [0.15, 0.2) is 0 Å². The third-order valence-electron chi connectivity index (χ3n) is 3.08. The summed E-state index contributed by atoms with van der Waals surface area (Å²) in [7, 11) is 0. The average Bonchev–Trinajstić information content (AvgIpc) is 2.36. The number of carbonyl (C=O) groups excluding carboxylic acids is 2. The minimum atomic E-state index is -0.500. The molecule has 0 atom stereocenters. The molecule has 7 nitrogen and oxygen atoms in total. The van der Waals surface area contributed by atoms with Gasteiger partial charge in [0.05, 0.1) is 18.1 Å². The maximum Gasteiger partial charge on any atom is 0.410 e. The zero-order valence-electron chi connectivity index (χ0n) is 13.3. The summed E-state index contributed by atoms with van der Waals surface area (Å²) in [5.74, 6) is 0.259. The lowest BCUT2D eigenvalue weighted by atomic mass is 10.00. The molecule has 120 valence electrons. The topological polar surface area (TPSA) is 81.6 Å². The Labute approximate surface area is 129 Å². The third-order valence-corrected chi connectivity index (χ3v) is 3.08. The molecule has 0 N–H and O–H groups in total. The molecule has 1 aliphatic heterocycles. The van der Waals surface area contributed by atoms with Gasteiger partial charge in [-0.3, -0.25) is 0 Å². The summed E-state index contributed by atoms with van der Waals surface area (Å²) in [6, 6.07) is 0. The summed E-state index contributed by atoms with van der Waals surface area (Å²) in [5.41, 5.74) is -0.172. The molecule has 0 aromatic carbocycles. The fourth-order valence-corrected chi connectivity index (χ4v) is 1.99. The van der Waals surface area contributed by atoms with Gasteiger partial charge in [0.2, 0.25) is 0 Å². The second kappa shape index (κ2) is 6.29. The molecule has 1 aromatic heterocycles. The maximum atomic E-state index is 11.8. The number of likely N-dealkylation sites (tertiary alicyclic amines) is 1. The molecule has 0 spiro atoms. The normalized spacial score (nSPS) is 15.2. The number of esters is 1. The molecule has 0 bridgehead atoms. The van der Waals surface area contributed by atoms with Crippen molar-refractivity contribution >= 4 is 12.1 Å². The van der Waals surface area contributed by atoms with Gasteiger partial charge in [-0.2, -0.15) is 0 Å². The van der Waals surface area contributed by atoms with Crippen molar-refractivity contribution in [1.29, 1.82) is 0 Å². The van der Waals surface area contributed by atoms with E-state index in [9.17, 15) is 9.59 Å². The van der Waals surface area contributed by atoms with Gasteiger partial charge in [0.1, 0.15) is 11.4 Å². The molecule has 0 radical (unpaired) electrons. The first kappa shape index (κ1) is 16.2. The first-order valence-electron chi connectivity index (χ1n) is 7.27. The SMILES string of the molecule is CCOC(=O)c1cnc(C2CN(C(=O)OC(C)(C)C)C2)nc1. The van der Waals surface area contributed by atoms with Gasteiger partial charge >= 0.3 is 12.1 Å². The van der Waals surface area contributed by atoms with E-state index in [-0.39, 0.29) is 12.0 Å². The standard InChI is InChI=1S/C15H21N3O4/c1-5-21-13(19)10-6-16-12(17-7-10)11-8-18(9-11)14(20)22-15(2,3)4/h6-7,11H,5,8-9H2,1-4H3. The van der Waals surface area contributed by atoms with E-state index in [2.05, 4.69) is 9.97 Å². The summed E-state index contributed by atoms with van der Waals surface area (Å²) in [4.78, 5) is 33.3. The molecule has 1 aromatic rings. The summed E-state index contributed by atoms with van der Waals surface area (Å²) in [6.07, 6.45) is 2.58. The number of hydrogen-bond donors (Lipinski definition) is 0. The van der Waals surface area contributed by atoms with Crippen LogP contribution in [0, 0.1) is 0 Å². The molecule has 1 saturated heterocycles. The van der Waals surface area contributed by atoms with E-state index in [0.29, 0.717) is 31.1 Å². The smallest absolute Gasteiger partial charge is 0.410 e. The van der Waals surface area contributed by atoms with Crippen LogP contribution in [0.2, 0.25) is 0 Å². The number of amides is 1. The highest BCUT2D eigenvalue weighted by Crippen LogP contribution is 2.26. The van der Waals surface area contributed by atoms with Gasteiger partial charge in [0.25, 0.3) is 0 Å². The van der Waals surface area contributed by atoms with Gasteiger partial charge < -0.3 is 14.4 Å². The third kappa shape index (κ3) is 3.93. The first-order valence-corrected chi connectivity index (χ1v) is 7.27. The fraction of sp³-hybridized carbons (Fsp3) is 0.600. The second-order valence-corrected chi connectivity index (χ2v) is 6.13. The Morgan fingerprint density at radius 3 is 2.36 bits per heavy atom. The largest absolute Gasteiger partial charge is 0.462 e. The molecule has 0 saturated carbocycles. The van der Waals surface area contributed by atoms with Crippen molar-refractivity contribution in [3.8, 4) is 0 Å². The van der Waals surface area contributed by atoms with Crippen molar-refractivity contribution in [2.45, 2.75) is 39.2 Å². The predicted octanol–water partition coefficient (Wildman–Crippen LogP) is 1.99. The number of aromatic nitrogens is 2. The van der Waals surface area contributed by atoms with Crippen LogP contribution in [-0.2, 0) is 9.47 Å². The zero-order valence-corrected chi connectivity index (χ0v) is 13.3. The highest BCUT2D eigenvalue weighted by atomic mass is 16.6. The summed E-state index contributed by atoms with van der Waals surface area (Å²) in [5, 5.41) is 0. The van der Waals surface area contributed by atoms with Gasteiger partial charge in [-0.25, -0.2) is 19.6 Å². The van der Waals surface area contributed by atoms with Crippen molar-refractivity contribution in [3.63, 3.8) is 0 Å². The molecule has 1 amide bonds. The molecule has 22 heavy (non-hydrogen) atoms. The molecule has 2 rings (SSSR count). The van der Waals surface area contributed by atoms with Crippen LogP contribution in [0.25, 0.3) is 0 Å². The quantitative estimate of drug-likeness (QED) is 0.794. The Kier molecular flexibility index (Phi) is 4.63. The monoisotopic (exact) mass is 307 g/mol. The van der Waals surface area contributed by atoms with E-state index in [1.54, 1.807) is 11.8 Å². The van der Waals surface area contributed by atoms with Gasteiger partial charge in [-0.15, -0.1) is 0 Å². The van der Waals surface area contributed by atoms with E-state index in [0.717, 1.165) is 0 Å². The van der Waals surface area contributed by atoms with Crippen molar-refractivity contribution in [1.82, 2.24) is 14.9 Å². The van der Waals surface area contributed by atoms with Crippen LogP contribution in [-0.4, -0.2) is 52.2 Å². The lowest BCUT2D eigenvalue weighted by Crippen LogP contribution is -2.50. The van der Waals surface area contributed by atoms with Crippen LogP contribution < -0.4 is 0 Å². The molecule has 1 aliphatic rings. The van der Waals surface area contributed by atoms with Crippen molar-refractivity contribution in [3.05, 3.63) is 23.8 Å². The first-order chi connectivity index (χ1) is 10.3. The lowest BCUT2D eigenvalue weighted by Gasteiger charge is -2.38. The zero-order chi connectivity index (χ0) is 16.3. The Morgan fingerprint density at radius 1 is 1.27 bits per heavy atom. The van der Waals surface area contributed by atoms with Gasteiger partial charge in [-0.1, -0.05) is 0 Å². The van der Waals surface area contributed by atoms with Crippen molar-refractivity contribution < 1.29 is 19.1 Å². The molecule has 1 fully saturated rings. The maximum absolute atomic E-state index is 11.8. The second-order valence-electron chi connectivity index (χ2n) is 6.13. The summed E-state index contributed by atoms with van der Waals surface area (Å²) < 4.78 is 10.2. The Balaban J connectivity index is 1.88. The van der Waals surface area contributed by atoms with Crippen molar-refractivity contribution in [2.75, 3.05) is 19.7 Å². The summed E-state index contributed by atoms with van der Waals surface area (Å²) >= 11 is 0. The predicted molar refractivity (Wildman–Crippen MR) is 78.5 cm³/mol. The highest BCUT2D eigenvalue weighted by Gasteiger charge is 2.36. The van der Waals surface area contributed by atoms with Crippen LogP contribution in [0.15, 0.2) is 12.4 Å². The van der Waals surface area contributed by atoms with Crippen LogP contribution >= 0.6 is 0 Å². The van der Waals surface area contributed by atoms with Crippen LogP contribution in [0.5, 0.6) is 0 Å².